The molecule has 2 atom stereocenters. The SMILES string of the molecule is COc1ccnc(OC)c1[C@@H]1C[C@H]1N. The minimum atomic E-state index is 0.224. The molecule has 0 unspecified atom stereocenters. The Labute approximate surface area is 83.0 Å². The Morgan fingerprint density at radius 3 is 2.64 bits per heavy atom. The molecule has 14 heavy (non-hydrogen) atoms. The van der Waals surface area contributed by atoms with E-state index in [1.807, 2.05) is 6.07 Å². The van der Waals surface area contributed by atoms with E-state index in [1.54, 1.807) is 20.4 Å². The largest absolute Gasteiger partial charge is 0.496 e. The van der Waals surface area contributed by atoms with Crippen LogP contribution in [-0.4, -0.2) is 25.2 Å². The van der Waals surface area contributed by atoms with E-state index in [4.69, 9.17) is 15.2 Å². The molecule has 1 aliphatic rings. The number of rotatable bonds is 3. The number of hydrogen-bond acceptors (Lipinski definition) is 4. The molecule has 2 rings (SSSR count). The van der Waals surface area contributed by atoms with E-state index in [-0.39, 0.29) is 6.04 Å². The lowest BCUT2D eigenvalue weighted by atomic mass is 10.1. The molecule has 0 saturated heterocycles. The Balaban J connectivity index is 2.41. The molecule has 0 amide bonds. The fourth-order valence-electron chi connectivity index (χ4n) is 1.67. The van der Waals surface area contributed by atoms with Gasteiger partial charge < -0.3 is 15.2 Å². The lowest BCUT2D eigenvalue weighted by molar-refractivity contribution is 0.373. The van der Waals surface area contributed by atoms with Gasteiger partial charge in [0.25, 0.3) is 0 Å². The van der Waals surface area contributed by atoms with Gasteiger partial charge in [0.05, 0.1) is 19.8 Å². The highest BCUT2D eigenvalue weighted by Gasteiger charge is 2.39. The van der Waals surface area contributed by atoms with Gasteiger partial charge in [-0.1, -0.05) is 0 Å². The lowest BCUT2D eigenvalue weighted by Gasteiger charge is -2.10. The van der Waals surface area contributed by atoms with E-state index in [9.17, 15) is 0 Å². The summed E-state index contributed by atoms with van der Waals surface area (Å²) in [6.07, 6.45) is 2.66. The smallest absolute Gasteiger partial charge is 0.220 e. The predicted molar refractivity (Wildman–Crippen MR) is 52.7 cm³/mol. The number of nitrogens with two attached hydrogens (primary N) is 1. The first-order chi connectivity index (χ1) is 6.77. The maximum atomic E-state index is 5.81. The molecule has 1 aromatic rings. The van der Waals surface area contributed by atoms with Crippen LogP contribution in [0.1, 0.15) is 17.9 Å². The van der Waals surface area contributed by atoms with Crippen LogP contribution in [0.5, 0.6) is 11.6 Å². The molecule has 0 aromatic carbocycles. The monoisotopic (exact) mass is 194 g/mol. The molecule has 1 aliphatic carbocycles. The van der Waals surface area contributed by atoms with Crippen molar-refractivity contribution in [2.45, 2.75) is 18.4 Å². The maximum Gasteiger partial charge on any atom is 0.220 e. The van der Waals surface area contributed by atoms with Crippen LogP contribution in [0.25, 0.3) is 0 Å². The molecule has 1 heterocycles. The lowest BCUT2D eigenvalue weighted by Crippen LogP contribution is -2.04. The molecule has 4 nitrogen and oxygen atoms in total. The summed E-state index contributed by atoms with van der Waals surface area (Å²) < 4.78 is 10.5. The van der Waals surface area contributed by atoms with E-state index in [0.717, 1.165) is 17.7 Å². The zero-order valence-corrected chi connectivity index (χ0v) is 8.36. The average molecular weight is 194 g/mol. The van der Waals surface area contributed by atoms with E-state index in [0.29, 0.717) is 11.8 Å². The number of pyridine rings is 1. The summed E-state index contributed by atoms with van der Waals surface area (Å²) in [7, 11) is 3.26. The van der Waals surface area contributed by atoms with Crippen molar-refractivity contribution in [3.8, 4) is 11.6 Å². The van der Waals surface area contributed by atoms with Crippen molar-refractivity contribution in [3.05, 3.63) is 17.8 Å². The molecule has 1 aromatic heterocycles. The van der Waals surface area contributed by atoms with Gasteiger partial charge in [0.1, 0.15) is 5.75 Å². The number of nitrogens with zero attached hydrogens (tertiary/aromatic N) is 1. The van der Waals surface area contributed by atoms with E-state index in [1.165, 1.54) is 0 Å². The summed E-state index contributed by atoms with van der Waals surface area (Å²) in [4.78, 5) is 4.14. The summed E-state index contributed by atoms with van der Waals surface area (Å²) >= 11 is 0. The minimum absolute atomic E-state index is 0.224. The molecule has 1 fully saturated rings. The van der Waals surface area contributed by atoms with Crippen LogP contribution < -0.4 is 15.2 Å². The van der Waals surface area contributed by atoms with Gasteiger partial charge in [0.2, 0.25) is 5.88 Å². The Morgan fingerprint density at radius 2 is 2.14 bits per heavy atom. The molecule has 0 radical (unpaired) electrons. The molecular formula is C10H14N2O2. The average Bonchev–Trinajstić information content (AvgIpc) is 2.93. The van der Waals surface area contributed by atoms with Crippen LogP contribution in [0, 0.1) is 0 Å². The van der Waals surface area contributed by atoms with Gasteiger partial charge >= 0.3 is 0 Å². The highest BCUT2D eigenvalue weighted by Crippen LogP contribution is 2.46. The highest BCUT2D eigenvalue weighted by atomic mass is 16.5. The second kappa shape index (κ2) is 3.46. The third kappa shape index (κ3) is 1.42. The molecular weight excluding hydrogens is 180 g/mol. The van der Waals surface area contributed by atoms with Crippen molar-refractivity contribution < 1.29 is 9.47 Å². The summed E-state index contributed by atoms with van der Waals surface area (Å²) in [6.45, 7) is 0. The zero-order chi connectivity index (χ0) is 10.1. The first kappa shape index (κ1) is 9.27. The van der Waals surface area contributed by atoms with E-state index < -0.39 is 0 Å². The minimum Gasteiger partial charge on any atom is -0.496 e. The van der Waals surface area contributed by atoms with E-state index >= 15 is 0 Å². The van der Waals surface area contributed by atoms with Gasteiger partial charge in [0.15, 0.2) is 0 Å². The van der Waals surface area contributed by atoms with Crippen LogP contribution in [0.4, 0.5) is 0 Å². The van der Waals surface area contributed by atoms with Crippen molar-refractivity contribution >= 4 is 0 Å². The van der Waals surface area contributed by atoms with Gasteiger partial charge in [0, 0.05) is 18.2 Å². The third-order valence-electron chi connectivity index (χ3n) is 2.54. The Bertz CT molecular complexity index is 319. The second-order valence-electron chi connectivity index (χ2n) is 3.44. The van der Waals surface area contributed by atoms with Crippen LogP contribution in [-0.2, 0) is 0 Å². The molecule has 4 heteroatoms. The first-order valence-corrected chi connectivity index (χ1v) is 4.60. The number of ether oxygens (including phenoxy) is 2. The Morgan fingerprint density at radius 1 is 1.43 bits per heavy atom. The van der Waals surface area contributed by atoms with Crippen molar-refractivity contribution in [2.75, 3.05) is 14.2 Å². The standard InChI is InChI=1S/C10H14N2O2/c1-13-8-3-4-12-10(14-2)9(8)6-5-7(6)11/h3-4,6-7H,5,11H2,1-2H3/t6-,7-/m1/s1. The van der Waals surface area contributed by atoms with Crippen molar-refractivity contribution in [2.24, 2.45) is 5.73 Å². The van der Waals surface area contributed by atoms with Gasteiger partial charge in [-0.15, -0.1) is 0 Å². The summed E-state index contributed by atoms with van der Waals surface area (Å²) in [6, 6.07) is 2.06. The van der Waals surface area contributed by atoms with E-state index in [2.05, 4.69) is 4.98 Å². The zero-order valence-electron chi connectivity index (χ0n) is 8.36. The molecule has 0 spiro atoms. The molecule has 1 saturated carbocycles. The van der Waals surface area contributed by atoms with Gasteiger partial charge in [-0.25, -0.2) is 4.98 Å². The van der Waals surface area contributed by atoms with Gasteiger partial charge in [-0.3, -0.25) is 0 Å². The number of hydrogen-bond donors (Lipinski definition) is 1. The normalized spacial score (nSPS) is 24.5. The van der Waals surface area contributed by atoms with Crippen molar-refractivity contribution in [3.63, 3.8) is 0 Å². The predicted octanol–water partition coefficient (Wildman–Crippen LogP) is 0.913. The second-order valence-corrected chi connectivity index (χ2v) is 3.44. The number of methoxy groups -OCH3 is 2. The topological polar surface area (TPSA) is 57.4 Å². The molecule has 2 N–H and O–H groups in total. The van der Waals surface area contributed by atoms with Crippen LogP contribution >= 0.6 is 0 Å². The van der Waals surface area contributed by atoms with Crippen molar-refractivity contribution in [1.29, 1.82) is 0 Å². The first-order valence-electron chi connectivity index (χ1n) is 4.60. The summed E-state index contributed by atoms with van der Waals surface area (Å²) in [5.41, 5.74) is 6.81. The van der Waals surface area contributed by atoms with Crippen molar-refractivity contribution in [1.82, 2.24) is 4.98 Å². The summed E-state index contributed by atoms with van der Waals surface area (Å²) in [5, 5.41) is 0. The molecule has 0 bridgehead atoms. The van der Waals surface area contributed by atoms with Crippen LogP contribution in [0.3, 0.4) is 0 Å². The Kier molecular flexibility index (Phi) is 2.29. The summed E-state index contributed by atoms with van der Waals surface area (Å²) in [5.74, 6) is 1.78. The Hall–Kier alpha value is -1.29. The molecule has 0 aliphatic heterocycles. The highest BCUT2D eigenvalue weighted by molar-refractivity contribution is 5.46. The van der Waals surface area contributed by atoms with Crippen LogP contribution in [0.2, 0.25) is 0 Å². The fraction of sp³-hybridized carbons (Fsp3) is 0.500. The fourth-order valence-corrected chi connectivity index (χ4v) is 1.67. The third-order valence-corrected chi connectivity index (χ3v) is 2.54. The maximum absolute atomic E-state index is 5.81. The number of aromatic nitrogens is 1. The van der Waals surface area contributed by atoms with Crippen LogP contribution in [0.15, 0.2) is 12.3 Å². The van der Waals surface area contributed by atoms with Gasteiger partial charge in [-0.05, 0) is 12.5 Å². The van der Waals surface area contributed by atoms with Gasteiger partial charge in [-0.2, -0.15) is 0 Å². The quantitative estimate of drug-likeness (QED) is 0.777. The molecule has 76 valence electrons.